The minimum Gasteiger partial charge on any atom is -0.345 e. The molecule has 2 amide bonds. The predicted molar refractivity (Wildman–Crippen MR) is 109 cm³/mol. The van der Waals surface area contributed by atoms with E-state index >= 15 is 0 Å². The highest BCUT2D eigenvalue weighted by Crippen LogP contribution is 2.28. The van der Waals surface area contributed by atoms with Gasteiger partial charge in [0.05, 0.1) is 5.69 Å². The van der Waals surface area contributed by atoms with Crippen molar-refractivity contribution in [2.45, 2.75) is 13.8 Å². The Bertz CT molecular complexity index is 991. The molecule has 0 saturated heterocycles. The number of hydrogen-bond acceptors (Lipinski definition) is 4. The number of hydrogen-bond donors (Lipinski definition) is 1. The second kappa shape index (κ2) is 7.72. The van der Waals surface area contributed by atoms with Gasteiger partial charge in [-0.15, -0.1) is 11.3 Å². The molecule has 0 aliphatic rings. The zero-order chi connectivity index (χ0) is 19.6. The maximum atomic E-state index is 12.4. The largest absolute Gasteiger partial charge is 0.345 e. The second-order valence-electron chi connectivity index (χ2n) is 6.59. The topological polar surface area (TPSA) is 62.3 Å². The van der Waals surface area contributed by atoms with Crippen LogP contribution < -0.4 is 5.32 Å². The first-order chi connectivity index (χ1) is 12.8. The van der Waals surface area contributed by atoms with E-state index in [0.29, 0.717) is 16.3 Å². The number of carbonyl (C=O) groups is 2. The molecular weight excluding hydrogens is 358 g/mol. The number of aromatic nitrogens is 1. The third-order valence-electron chi connectivity index (χ3n) is 4.18. The molecule has 1 aromatic heterocycles. The number of nitrogens with one attached hydrogen (secondary N) is 1. The fourth-order valence-corrected chi connectivity index (χ4v) is 3.45. The number of amides is 2. The Morgan fingerprint density at radius 3 is 2.30 bits per heavy atom. The second-order valence-corrected chi connectivity index (χ2v) is 7.45. The van der Waals surface area contributed by atoms with Gasteiger partial charge in [0.2, 0.25) is 0 Å². The van der Waals surface area contributed by atoms with Gasteiger partial charge in [-0.3, -0.25) is 14.9 Å². The number of rotatable bonds is 4. The van der Waals surface area contributed by atoms with Gasteiger partial charge in [-0.2, -0.15) is 0 Å². The number of carbonyl (C=O) groups excluding carboxylic acids is 2. The molecule has 0 atom stereocenters. The van der Waals surface area contributed by atoms with Crippen LogP contribution in [0, 0.1) is 13.8 Å². The molecule has 2 aromatic carbocycles. The van der Waals surface area contributed by atoms with Crippen LogP contribution in [0.3, 0.4) is 0 Å². The SMILES string of the molecule is Cc1ccc(-c2csc(NC(=O)c3ccc(C(=O)N(C)C)cc3)n2)c(C)c1. The van der Waals surface area contributed by atoms with Crippen molar-refractivity contribution in [2.75, 3.05) is 19.4 Å². The van der Waals surface area contributed by atoms with Crippen molar-refractivity contribution in [1.82, 2.24) is 9.88 Å². The van der Waals surface area contributed by atoms with E-state index in [9.17, 15) is 9.59 Å². The molecule has 0 aliphatic carbocycles. The standard InChI is InChI=1S/C21H21N3O2S/c1-13-5-10-17(14(2)11-13)18-12-27-21(22-18)23-19(25)15-6-8-16(9-7-15)20(26)24(3)4/h5-12H,1-4H3,(H,22,23,25). The maximum absolute atomic E-state index is 12.4. The summed E-state index contributed by atoms with van der Waals surface area (Å²) in [5.74, 6) is -0.347. The smallest absolute Gasteiger partial charge is 0.257 e. The van der Waals surface area contributed by atoms with E-state index in [2.05, 4.69) is 36.3 Å². The molecule has 0 fully saturated rings. The third kappa shape index (κ3) is 4.23. The molecule has 3 rings (SSSR count). The van der Waals surface area contributed by atoms with Gasteiger partial charge in [-0.25, -0.2) is 4.98 Å². The lowest BCUT2D eigenvalue weighted by atomic mass is 10.0. The first-order valence-corrected chi connectivity index (χ1v) is 9.39. The van der Waals surface area contributed by atoms with E-state index in [-0.39, 0.29) is 11.8 Å². The van der Waals surface area contributed by atoms with Crippen LogP contribution in [0.25, 0.3) is 11.3 Å². The molecule has 0 bridgehead atoms. The highest BCUT2D eigenvalue weighted by molar-refractivity contribution is 7.14. The lowest BCUT2D eigenvalue weighted by Crippen LogP contribution is -2.21. The van der Waals surface area contributed by atoms with Crippen LogP contribution in [0.2, 0.25) is 0 Å². The maximum Gasteiger partial charge on any atom is 0.257 e. The van der Waals surface area contributed by atoms with Crippen LogP contribution in [0.15, 0.2) is 47.8 Å². The van der Waals surface area contributed by atoms with Gasteiger partial charge in [-0.05, 0) is 43.7 Å². The van der Waals surface area contributed by atoms with Gasteiger partial charge < -0.3 is 4.90 Å². The van der Waals surface area contributed by atoms with E-state index in [1.165, 1.54) is 21.8 Å². The van der Waals surface area contributed by atoms with E-state index in [0.717, 1.165) is 16.8 Å². The van der Waals surface area contributed by atoms with Gasteiger partial charge in [0, 0.05) is 36.2 Å². The van der Waals surface area contributed by atoms with Gasteiger partial charge in [-0.1, -0.05) is 23.8 Å². The Kier molecular flexibility index (Phi) is 5.37. The summed E-state index contributed by atoms with van der Waals surface area (Å²) in [4.78, 5) is 30.4. The van der Waals surface area contributed by atoms with Gasteiger partial charge in [0.1, 0.15) is 0 Å². The van der Waals surface area contributed by atoms with E-state index < -0.39 is 0 Å². The summed E-state index contributed by atoms with van der Waals surface area (Å²) in [5, 5.41) is 5.31. The number of aryl methyl sites for hydroxylation is 2. The minimum absolute atomic E-state index is 0.0972. The van der Waals surface area contributed by atoms with Crippen molar-refractivity contribution in [3.05, 3.63) is 70.1 Å². The van der Waals surface area contributed by atoms with Crippen molar-refractivity contribution in [1.29, 1.82) is 0 Å². The highest BCUT2D eigenvalue weighted by Gasteiger charge is 2.13. The summed E-state index contributed by atoms with van der Waals surface area (Å²) in [5.41, 5.74) is 5.29. The van der Waals surface area contributed by atoms with Crippen molar-refractivity contribution in [3.8, 4) is 11.3 Å². The quantitative estimate of drug-likeness (QED) is 0.732. The van der Waals surface area contributed by atoms with Crippen LogP contribution in [0.5, 0.6) is 0 Å². The summed E-state index contributed by atoms with van der Waals surface area (Å²) in [6, 6.07) is 12.8. The van der Waals surface area contributed by atoms with Crippen molar-refractivity contribution in [3.63, 3.8) is 0 Å². The van der Waals surface area contributed by atoms with Crippen molar-refractivity contribution >= 4 is 28.3 Å². The van der Waals surface area contributed by atoms with Crippen LogP contribution in [0.4, 0.5) is 5.13 Å². The summed E-state index contributed by atoms with van der Waals surface area (Å²) in [7, 11) is 3.39. The molecule has 0 radical (unpaired) electrons. The molecule has 0 saturated carbocycles. The molecule has 1 N–H and O–H groups in total. The average molecular weight is 379 g/mol. The Hall–Kier alpha value is -2.99. The lowest BCUT2D eigenvalue weighted by Gasteiger charge is -2.10. The lowest BCUT2D eigenvalue weighted by molar-refractivity contribution is 0.0827. The Labute approximate surface area is 162 Å². The summed E-state index contributed by atoms with van der Waals surface area (Å²) < 4.78 is 0. The number of thiazole rings is 1. The van der Waals surface area contributed by atoms with Crippen LogP contribution in [-0.4, -0.2) is 35.8 Å². The molecule has 3 aromatic rings. The first-order valence-electron chi connectivity index (χ1n) is 8.51. The highest BCUT2D eigenvalue weighted by atomic mass is 32.1. The predicted octanol–water partition coefficient (Wildman–Crippen LogP) is 4.38. The average Bonchev–Trinajstić information content (AvgIpc) is 3.09. The van der Waals surface area contributed by atoms with Gasteiger partial charge >= 0.3 is 0 Å². The normalized spacial score (nSPS) is 10.5. The monoisotopic (exact) mass is 379 g/mol. The zero-order valence-corrected chi connectivity index (χ0v) is 16.6. The van der Waals surface area contributed by atoms with Crippen molar-refractivity contribution in [2.24, 2.45) is 0 Å². The van der Waals surface area contributed by atoms with E-state index in [1.54, 1.807) is 38.4 Å². The summed E-state index contributed by atoms with van der Waals surface area (Å²) in [6.45, 7) is 4.11. The van der Waals surface area contributed by atoms with Gasteiger partial charge in [0.15, 0.2) is 5.13 Å². The van der Waals surface area contributed by atoms with E-state index in [1.807, 2.05) is 11.4 Å². The van der Waals surface area contributed by atoms with Crippen molar-refractivity contribution < 1.29 is 9.59 Å². The number of anilines is 1. The zero-order valence-electron chi connectivity index (χ0n) is 15.7. The first kappa shape index (κ1) is 18.8. The summed E-state index contributed by atoms with van der Waals surface area (Å²) >= 11 is 1.39. The molecule has 0 spiro atoms. The Morgan fingerprint density at radius 1 is 1.00 bits per heavy atom. The molecule has 0 unspecified atom stereocenters. The molecule has 6 heteroatoms. The van der Waals surface area contributed by atoms with Crippen LogP contribution in [0.1, 0.15) is 31.8 Å². The molecular formula is C21H21N3O2S. The molecule has 5 nitrogen and oxygen atoms in total. The fraction of sp³-hybridized carbons (Fsp3) is 0.190. The molecule has 1 heterocycles. The molecule has 138 valence electrons. The number of nitrogens with zero attached hydrogens (tertiary/aromatic N) is 2. The van der Waals surface area contributed by atoms with Gasteiger partial charge in [0.25, 0.3) is 11.8 Å². The van der Waals surface area contributed by atoms with Crippen LogP contribution in [-0.2, 0) is 0 Å². The van der Waals surface area contributed by atoms with E-state index in [4.69, 9.17) is 0 Å². The summed E-state index contributed by atoms with van der Waals surface area (Å²) in [6.07, 6.45) is 0. The molecule has 0 aliphatic heterocycles. The number of benzene rings is 2. The van der Waals surface area contributed by atoms with Crippen LogP contribution >= 0.6 is 11.3 Å². The fourth-order valence-electron chi connectivity index (χ4n) is 2.75. The Balaban J connectivity index is 1.73. The molecule has 27 heavy (non-hydrogen) atoms. The minimum atomic E-state index is -0.250. The third-order valence-corrected chi connectivity index (χ3v) is 4.94. The Morgan fingerprint density at radius 2 is 1.67 bits per heavy atom.